The first-order chi connectivity index (χ1) is 8.70. The molecule has 1 fully saturated rings. The molecule has 2 atom stereocenters. The largest absolute Gasteiger partial charge is 0.207 e. The van der Waals surface area contributed by atoms with Gasteiger partial charge in [-0.3, -0.25) is 0 Å². The Hall–Kier alpha value is -1.08. The molecule has 0 aliphatic heterocycles. The van der Waals surface area contributed by atoms with Gasteiger partial charge in [0.1, 0.15) is 11.6 Å². The van der Waals surface area contributed by atoms with E-state index in [-0.39, 0.29) is 11.2 Å². The number of nitriles is 1. The van der Waals surface area contributed by atoms with Gasteiger partial charge in [0, 0.05) is 10.1 Å². The van der Waals surface area contributed by atoms with E-state index in [2.05, 4.69) is 6.07 Å². The van der Waals surface area contributed by atoms with Crippen LogP contribution < -0.4 is 0 Å². The van der Waals surface area contributed by atoms with Crippen LogP contribution in [-0.4, -0.2) is 5.25 Å². The molecule has 2 rings (SSSR count). The molecular formula is C14H15F2NS. The third-order valence-corrected chi connectivity index (χ3v) is 4.72. The van der Waals surface area contributed by atoms with Gasteiger partial charge in [0.25, 0.3) is 0 Å². The lowest BCUT2D eigenvalue weighted by Crippen LogP contribution is -2.14. The van der Waals surface area contributed by atoms with Gasteiger partial charge in [-0.15, -0.1) is 11.8 Å². The number of benzene rings is 1. The molecule has 0 radical (unpaired) electrons. The van der Waals surface area contributed by atoms with Crippen molar-refractivity contribution in [1.29, 1.82) is 5.26 Å². The topological polar surface area (TPSA) is 23.8 Å². The Morgan fingerprint density at radius 3 is 2.72 bits per heavy atom. The summed E-state index contributed by atoms with van der Waals surface area (Å²) in [5.41, 5.74) is 0. The fraction of sp³-hybridized carbons (Fsp3) is 0.500. The summed E-state index contributed by atoms with van der Waals surface area (Å²) in [5.74, 6) is -0.886. The summed E-state index contributed by atoms with van der Waals surface area (Å²) in [4.78, 5) is 0.321. The zero-order chi connectivity index (χ0) is 13.0. The second-order valence-corrected chi connectivity index (χ2v) is 5.89. The molecule has 0 amide bonds. The van der Waals surface area contributed by atoms with Gasteiger partial charge in [0.2, 0.25) is 0 Å². The third kappa shape index (κ3) is 3.23. The van der Waals surface area contributed by atoms with E-state index in [1.54, 1.807) is 0 Å². The van der Waals surface area contributed by atoms with Crippen molar-refractivity contribution in [3.8, 4) is 6.07 Å². The normalized spacial score (nSPS) is 24.3. The average molecular weight is 267 g/mol. The summed E-state index contributed by atoms with van der Waals surface area (Å²) in [6, 6.07) is 5.80. The lowest BCUT2D eigenvalue weighted by Gasteiger charge is -2.18. The minimum Gasteiger partial charge on any atom is -0.207 e. The Morgan fingerprint density at radius 2 is 1.94 bits per heavy atom. The molecule has 0 spiro atoms. The Balaban J connectivity index is 2.15. The summed E-state index contributed by atoms with van der Waals surface area (Å²) in [5, 5.41) is 9.23. The van der Waals surface area contributed by atoms with Crippen LogP contribution in [0.25, 0.3) is 0 Å². The molecule has 0 bridgehead atoms. The molecule has 1 aromatic carbocycles. The van der Waals surface area contributed by atoms with Crippen molar-refractivity contribution in [3.05, 3.63) is 29.8 Å². The van der Waals surface area contributed by atoms with Crippen LogP contribution in [0.15, 0.2) is 23.1 Å². The first-order valence-corrected chi connectivity index (χ1v) is 7.10. The SMILES string of the molecule is N#CC1CCCCCC1Sc1cc(F)ccc1F. The lowest BCUT2D eigenvalue weighted by atomic mass is 10.0. The van der Waals surface area contributed by atoms with Crippen molar-refractivity contribution < 1.29 is 8.78 Å². The van der Waals surface area contributed by atoms with Crippen molar-refractivity contribution >= 4 is 11.8 Å². The molecule has 1 aromatic rings. The van der Waals surface area contributed by atoms with Crippen LogP contribution in [0.2, 0.25) is 0 Å². The summed E-state index contributed by atoms with van der Waals surface area (Å²) < 4.78 is 26.7. The second kappa shape index (κ2) is 6.19. The smallest absolute Gasteiger partial charge is 0.136 e. The Bertz CT molecular complexity index is 456. The van der Waals surface area contributed by atoms with E-state index in [1.807, 2.05) is 0 Å². The van der Waals surface area contributed by atoms with Crippen LogP contribution in [-0.2, 0) is 0 Å². The number of nitrogens with zero attached hydrogens (tertiary/aromatic N) is 1. The van der Waals surface area contributed by atoms with E-state index < -0.39 is 11.6 Å². The summed E-state index contributed by atoms with van der Waals surface area (Å²) in [7, 11) is 0. The van der Waals surface area contributed by atoms with Gasteiger partial charge in [0.15, 0.2) is 0 Å². The van der Waals surface area contributed by atoms with E-state index in [0.717, 1.165) is 44.2 Å². The van der Waals surface area contributed by atoms with Gasteiger partial charge >= 0.3 is 0 Å². The van der Waals surface area contributed by atoms with E-state index in [9.17, 15) is 8.78 Å². The maximum absolute atomic E-state index is 13.6. The highest BCUT2D eigenvalue weighted by molar-refractivity contribution is 8.00. The summed E-state index contributed by atoms with van der Waals surface area (Å²) in [6.45, 7) is 0. The monoisotopic (exact) mass is 267 g/mol. The van der Waals surface area contributed by atoms with Crippen LogP contribution in [0, 0.1) is 28.9 Å². The Kier molecular flexibility index (Phi) is 4.60. The molecule has 1 saturated carbocycles. The van der Waals surface area contributed by atoms with Gasteiger partial charge < -0.3 is 0 Å². The van der Waals surface area contributed by atoms with E-state index in [4.69, 9.17) is 5.26 Å². The first-order valence-electron chi connectivity index (χ1n) is 6.22. The van der Waals surface area contributed by atoms with Gasteiger partial charge in [0.05, 0.1) is 12.0 Å². The van der Waals surface area contributed by atoms with E-state index in [1.165, 1.54) is 17.8 Å². The average Bonchev–Trinajstić information content (AvgIpc) is 2.59. The van der Waals surface area contributed by atoms with Gasteiger partial charge in [-0.25, -0.2) is 8.78 Å². The van der Waals surface area contributed by atoms with Crippen molar-refractivity contribution in [1.82, 2.24) is 0 Å². The maximum Gasteiger partial charge on any atom is 0.136 e. The molecule has 1 aliphatic rings. The highest BCUT2D eigenvalue weighted by Crippen LogP contribution is 2.37. The van der Waals surface area contributed by atoms with Crippen LogP contribution >= 0.6 is 11.8 Å². The molecule has 4 heteroatoms. The standard InChI is InChI=1S/C14H15F2NS/c15-11-6-7-12(16)14(8-11)18-13-5-3-1-2-4-10(13)9-17/h6-8,10,13H,1-5H2. The highest BCUT2D eigenvalue weighted by atomic mass is 32.2. The molecular weight excluding hydrogens is 252 g/mol. The van der Waals surface area contributed by atoms with Gasteiger partial charge in [-0.1, -0.05) is 19.3 Å². The second-order valence-electron chi connectivity index (χ2n) is 4.60. The Morgan fingerprint density at radius 1 is 1.17 bits per heavy atom. The minimum atomic E-state index is -0.430. The van der Waals surface area contributed by atoms with Crippen LogP contribution in [0.4, 0.5) is 8.78 Å². The molecule has 2 unspecified atom stereocenters. The fourth-order valence-electron chi connectivity index (χ4n) is 2.29. The third-order valence-electron chi connectivity index (χ3n) is 3.29. The molecule has 1 aliphatic carbocycles. The van der Waals surface area contributed by atoms with Gasteiger partial charge in [-0.05, 0) is 31.0 Å². The zero-order valence-corrected chi connectivity index (χ0v) is 10.9. The molecule has 0 saturated heterocycles. The number of halogens is 2. The van der Waals surface area contributed by atoms with E-state index >= 15 is 0 Å². The fourth-order valence-corrected chi connectivity index (χ4v) is 3.63. The van der Waals surface area contributed by atoms with Crippen molar-refractivity contribution in [2.24, 2.45) is 5.92 Å². The Labute approximate surface area is 110 Å². The summed E-state index contributed by atoms with van der Waals surface area (Å²) in [6.07, 6.45) is 5.01. The van der Waals surface area contributed by atoms with Crippen molar-refractivity contribution in [2.45, 2.75) is 42.2 Å². The van der Waals surface area contributed by atoms with Crippen molar-refractivity contribution in [3.63, 3.8) is 0 Å². The number of hydrogen-bond acceptors (Lipinski definition) is 2. The summed E-state index contributed by atoms with van der Waals surface area (Å²) >= 11 is 1.31. The molecule has 18 heavy (non-hydrogen) atoms. The van der Waals surface area contributed by atoms with Crippen molar-refractivity contribution in [2.75, 3.05) is 0 Å². The predicted octanol–water partition coefficient (Wildman–Crippen LogP) is 4.53. The molecule has 1 nitrogen and oxygen atoms in total. The number of thioether (sulfide) groups is 1. The predicted molar refractivity (Wildman–Crippen MR) is 68.2 cm³/mol. The molecule has 0 aromatic heterocycles. The van der Waals surface area contributed by atoms with Crippen LogP contribution in [0.5, 0.6) is 0 Å². The maximum atomic E-state index is 13.6. The molecule has 0 heterocycles. The van der Waals surface area contributed by atoms with Crippen LogP contribution in [0.3, 0.4) is 0 Å². The molecule has 0 N–H and O–H groups in total. The first kappa shape index (κ1) is 13.4. The highest BCUT2D eigenvalue weighted by Gasteiger charge is 2.25. The van der Waals surface area contributed by atoms with E-state index in [0.29, 0.717) is 4.90 Å². The minimum absolute atomic E-state index is 0.0554. The zero-order valence-electron chi connectivity index (χ0n) is 10.0. The molecule has 96 valence electrons. The quantitative estimate of drug-likeness (QED) is 0.735. The number of hydrogen-bond donors (Lipinski definition) is 0. The number of rotatable bonds is 2. The van der Waals surface area contributed by atoms with Gasteiger partial charge in [-0.2, -0.15) is 5.26 Å². The van der Waals surface area contributed by atoms with Crippen LogP contribution in [0.1, 0.15) is 32.1 Å². The lowest BCUT2D eigenvalue weighted by molar-refractivity contribution is 0.568.